The van der Waals surface area contributed by atoms with Crippen molar-refractivity contribution in [1.29, 1.82) is 5.26 Å². The molecule has 1 aromatic heterocycles. The monoisotopic (exact) mass is 255 g/mol. The lowest BCUT2D eigenvalue weighted by molar-refractivity contribution is 0.0942. The molecule has 19 heavy (non-hydrogen) atoms. The molecule has 1 aromatic carbocycles. The van der Waals surface area contributed by atoms with E-state index < -0.39 is 0 Å². The van der Waals surface area contributed by atoms with Gasteiger partial charge in [0.1, 0.15) is 5.69 Å². The second-order valence-corrected chi connectivity index (χ2v) is 4.06. The van der Waals surface area contributed by atoms with Crippen molar-refractivity contribution >= 4 is 11.6 Å². The molecule has 6 heteroatoms. The van der Waals surface area contributed by atoms with Gasteiger partial charge in [0.05, 0.1) is 23.5 Å². The van der Waals surface area contributed by atoms with Gasteiger partial charge >= 0.3 is 0 Å². The van der Waals surface area contributed by atoms with Gasteiger partial charge < -0.3 is 11.1 Å². The Morgan fingerprint density at radius 3 is 2.68 bits per heavy atom. The van der Waals surface area contributed by atoms with Crippen LogP contribution >= 0.6 is 0 Å². The number of nitriles is 1. The molecule has 0 spiro atoms. The fourth-order valence-corrected chi connectivity index (χ4v) is 1.70. The number of anilines is 1. The fourth-order valence-electron chi connectivity index (χ4n) is 1.70. The molecule has 0 aliphatic carbocycles. The van der Waals surface area contributed by atoms with E-state index in [1.54, 1.807) is 31.3 Å². The van der Waals surface area contributed by atoms with E-state index in [2.05, 4.69) is 10.4 Å². The summed E-state index contributed by atoms with van der Waals surface area (Å²) in [6, 6.07) is 9.05. The molecule has 0 fully saturated rings. The minimum atomic E-state index is -0.276. The van der Waals surface area contributed by atoms with Gasteiger partial charge in [-0.05, 0) is 17.7 Å². The van der Waals surface area contributed by atoms with E-state index in [0.29, 0.717) is 23.5 Å². The van der Waals surface area contributed by atoms with E-state index in [-0.39, 0.29) is 5.91 Å². The fraction of sp³-hybridized carbons (Fsp3) is 0.154. The number of nitrogens with zero attached hydrogens (tertiary/aromatic N) is 3. The van der Waals surface area contributed by atoms with Crippen molar-refractivity contribution in [2.75, 3.05) is 5.73 Å². The van der Waals surface area contributed by atoms with Crippen molar-refractivity contribution in [3.05, 3.63) is 47.3 Å². The highest BCUT2D eigenvalue weighted by molar-refractivity contribution is 5.97. The smallest absolute Gasteiger partial charge is 0.271 e. The maximum atomic E-state index is 11.9. The first-order valence-electron chi connectivity index (χ1n) is 5.66. The predicted octanol–water partition coefficient (Wildman–Crippen LogP) is 0.804. The lowest BCUT2D eigenvalue weighted by Crippen LogP contribution is -2.26. The number of aromatic nitrogens is 2. The number of hydrogen-bond acceptors (Lipinski definition) is 4. The third kappa shape index (κ3) is 2.72. The van der Waals surface area contributed by atoms with Crippen molar-refractivity contribution in [2.45, 2.75) is 6.54 Å². The average Bonchev–Trinajstić information content (AvgIpc) is 2.76. The number of nitrogens with one attached hydrogen (secondary N) is 1. The molecule has 0 saturated heterocycles. The summed E-state index contributed by atoms with van der Waals surface area (Å²) < 4.78 is 1.43. The molecule has 2 aromatic rings. The van der Waals surface area contributed by atoms with Crippen LogP contribution in [0.1, 0.15) is 21.6 Å². The first-order chi connectivity index (χ1) is 9.11. The Morgan fingerprint density at radius 2 is 2.16 bits per heavy atom. The zero-order chi connectivity index (χ0) is 13.8. The number of nitrogens with two attached hydrogens (primary N) is 1. The highest BCUT2D eigenvalue weighted by atomic mass is 16.2. The zero-order valence-electron chi connectivity index (χ0n) is 10.4. The summed E-state index contributed by atoms with van der Waals surface area (Å²) in [6.45, 7) is 0.370. The lowest BCUT2D eigenvalue weighted by atomic mass is 10.1. The number of rotatable bonds is 3. The molecule has 0 bridgehead atoms. The highest BCUT2D eigenvalue weighted by Crippen LogP contribution is 2.09. The van der Waals surface area contributed by atoms with Gasteiger partial charge in [0.15, 0.2) is 0 Å². The van der Waals surface area contributed by atoms with E-state index in [0.717, 1.165) is 5.56 Å². The maximum absolute atomic E-state index is 11.9. The topological polar surface area (TPSA) is 96.7 Å². The van der Waals surface area contributed by atoms with Gasteiger partial charge in [-0.2, -0.15) is 10.4 Å². The Morgan fingerprint density at radius 1 is 1.47 bits per heavy atom. The van der Waals surface area contributed by atoms with Crippen molar-refractivity contribution in [1.82, 2.24) is 15.1 Å². The summed E-state index contributed by atoms with van der Waals surface area (Å²) >= 11 is 0. The van der Waals surface area contributed by atoms with Crippen molar-refractivity contribution in [3.8, 4) is 6.07 Å². The summed E-state index contributed by atoms with van der Waals surface area (Å²) in [5.41, 5.74) is 7.86. The van der Waals surface area contributed by atoms with Crippen molar-refractivity contribution < 1.29 is 4.79 Å². The number of aryl methyl sites for hydroxylation is 1. The van der Waals surface area contributed by atoms with E-state index >= 15 is 0 Å². The van der Waals surface area contributed by atoms with Crippen LogP contribution in [-0.2, 0) is 13.6 Å². The molecule has 1 amide bonds. The largest absolute Gasteiger partial charge is 0.396 e. The van der Waals surface area contributed by atoms with Gasteiger partial charge in [0, 0.05) is 13.6 Å². The summed E-state index contributed by atoms with van der Waals surface area (Å²) in [6.07, 6.45) is 1.44. The minimum Gasteiger partial charge on any atom is -0.396 e. The SMILES string of the molecule is Cn1ncc(N)c1C(=O)NCc1ccc(C#N)cc1. The van der Waals surface area contributed by atoms with Crippen molar-refractivity contribution in [2.24, 2.45) is 7.05 Å². The second kappa shape index (κ2) is 5.23. The zero-order valence-corrected chi connectivity index (χ0v) is 10.4. The van der Waals surface area contributed by atoms with E-state index in [1.165, 1.54) is 10.9 Å². The molecule has 96 valence electrons. The highest BCUT2D eigenvalue weighted by Gasteiger charge is 2.14. The summed E-state index contributed by atoms with van der Waals surface area (Å²) in [4.78, 5) is 11.9. The van der Waals surface area contributed by atoms with Crippen LogP contribution in [-0.4, -0.2) is 15.7 Å². The van der Waals surface area contributed by atoms with Crippen LogP contribution in [0.4, 0.5) is 5.69 Å². The van der Waals surface area contributed by atoms with Crippen LogP contribution in [0.5, 0.6) is 0 Å². The van der Waals surface area contributed by atoms with Crippen LogP contribution in [0, 0.1) is 11.3 Å². The second-order valence-electron chi connectivity index (χ2n) is 4.06. The number of carbonyl (C=O) groups is 1. The molecule has 0 radical (unpaired) electrons. The average molecular weight is 255 g/mol. The molecule has 3 N–H and O–H groups in total. The molecule has 0 aliphatic rings. The van der Waals surface area contributed by atoms with E-state index in [1.807, 2.05) is 6.07 Å². The van der Waals surface area contributed by atoms with Crippen LogP contribution < -0.4 is 11.1 Å². The number of nitrogen functional groups attached to an aromatic ring is 1. The normalized spacial score (nSPS) is 9.89. The predicted molar refractivity (Wildman–Crippen MR) is 69.9 cm³/mol. The standard InChI is InChI=1S/C13H13N5O/c1-18-12(11(15)8-17-18)13(19)16-7-10-4-2-9(6-14)3-5-10/h2-5,8H,7,15H2,1H3,(H,16,19). The molecule has 0 aliphatic heterocycles. The van der Waals surface area contributed by atoms with Crippen LogP contribution in [0.15, 0.2) is 30.5 Å². The van der Waals surface area contributed by atoms with Crippen molar-refractivity contribution in [3.63, 3.8) is 0 Å². The van der Waals surface area contributed by atoms with Crippen LogP contribution in [0.25, 0.3) is 0 Å². The molecule has 0 atom stereocenters. The van der Waals surface area contributed by atoms with Gasteiger partial charge in [-0.25, -0.2) is 0 Å². The van der Waals surface area contributed by atoms with Gasteiger partial charge in [-0.3, -0.25) is 9.48 Å². The Balaban J connectivity index is 2.03. The first kappa shape index (κ1) is 12.6. The summed E-state index contributed by atoms with van der Waals surface area (Å²) in [5, 5.41) is 15.4. The molecular weight excluding hydrogens is 242 g/mol. The molecular formula is C13H13N5O. The number of amides is 1. The quantitative estimate of drug-likeness (QED) is 0.847. The maximum Gasteiger partial charge on any atom is 0.271 e. The number of hydrogen-bond donors (Lipinski definition) is 2. The van der Waals surface area contributed by atoms with Gasteiger partial charge in [-0.15, -0.1) is 0 Å². The Bertz CT molecular complexity index is 617. The third-order valence-electron chi connectivity index (χ3n) is 2.72. The first-order valence-corrected chi connectivity index (χ1v) is 5.66. The van der Waals surface area contributed by atoms with Crippen LogP contribution in [0.3, 0.4) is 0 Å². The molecule has 0 unspecified atom stereocenters. The van der Waals surface area contributed by atoms with Gasteiger partial charge in [0.2, 0.25) is 0 Å². The minimum absolute atomic E-state index is 0.276. The molecule has 1 heterocycles. The molecule has 0 saturated carbocycles. The number of carbonyl (C=O) groups excluding carboxylic acids is 1. The Kier molecular flexibility index (Phi) is 3.48. The summed E-state index contributed by atoms with van der Waals surface area (Å²) in [7, 11) is 1.66. The van der Waals surface area contributed by atoms with Gasteiger partial charge in [0.25, 0.3) is 5.91 Å². The van der Waals surface area contributed by atoms with Crippen LogP contribution in [0.2, 0.25) is 0 Å². The van der Waals surface area contributed by atoms with E-state index in [9.17, 15) is 4.79 Å². The van der Waals surface area contributed by atoms with E-state index in [4.69, 9.17) is 11.0 Å². The molecule has 2 rings (SSSR count). The van der Waals surface area contributed by atoms with Gasteiger partial charge in [-0.1, -0.05) is 12.1 Å². The third-order valence-corrected chi connectivity index (χ3v) is 2.72. The molecule has 6 nitrogen and oxygen atoms in total. The number of benzene rings is 1. The summed E-state index contributed by atoms with van der Waals surface area (Å²) in [5.74, 6) is -0.276. The Labute approximate surface area is 110 Å². The lowest BCUT2D eigenvalue weighted by Gasteiger charge is -2.06. The Hall–Kier alpha value is -2.81.